The molecule has 53 heavy (non-hydrogen) atoms. The van der Waals surface area contributed by atoms with Gasteiger partial charge in [-0.05, 0) is 20.8 Å². The Morgan fingerprint density at radius 1 is 0.679 bits per heavy atom. The van der Waals surface area contributed by atoms with Crippen LogP contribution in [0.5, 0.6) is 0 Å². The zero-order valence-electron chi connectivity index (χ0n) is 30.2. The molecule has 0 unspecified atom stereocenters. The van der Waals surface area contributed by atoms with Gasteiger partial charge in [0, 0.05) is 66.7 Å². The molecule has 0 saturated heterocycles. The quantitative estimate of drug-likeness (QED) is 0.0929. The summed E-state index contributed by atoms with van der Waals surface area (Å²) >= 11 is 0. The van der Waals surface area contributed by atoms with Gasteiger partial charge in [0.15, 0.2) is 0 Å². The molecule has 0 aliphatic carbocycles. The number of halogens is 2. The normalized spacial score (nSPS) is 8.26. The van der Waals surface area contributed by atoms with E-state index in [2.05, 4.69) is 14.9 Å². The molecule has 3 aromatic carbocycles. The Morgan fingerprint density at radius 3 is 0.906 bits per heavy atom. The molecule has 2 N–H and O–H groups in total. The molecule has 0 aromatic heterocycles. The summed E-state index contributed by atoms with van der Waals surface area (Å²) in [5.74, 6) is 0. The molecule has 3 aromatic rings. The number of non-ortho nitro benzene ring substituents is 3. The van der Waals surface area contributed by atoms with Crippen LogP contribution in [0, 0.1) is 53.5 Å². The average molecular weight is 841 g/mol. The molecule has 0 bridgehead atoms. The maximum absolute atomic E-state index is 10.0. The van der Waals surface area contributed by atoms with Gasteiger partial charge in [-0.25, -0.2) is 8.42 Å². The van der Waals surface area contributed by atoms with Crippen LogP contribution in [-0.4, -0.2) is 74.2 Å². The summed E-state index contributed by atoms with van der Waals surface area (Å²) < 4.78 is 43.0. The number of hydrogen-bond acceptors (Lipinski definition) is 15. The third-order valence-corrected chi connectivity index (χ3v) is 4.05. The van der Waals surface area contributed by atoms with Crippen molar-refractivity contribution in [3.8, 4) is 6.07 Å². The first-order chi connectivity index (χ1) is 23.7. The monoisotopic (exact) mass is 839 g/mol. The number of nitrogens with zero attached hydrogens (tertiary/aromatic N) is 5. The summed E-state index contributed by atoms with van der Waals surface area (Å²) in [6.07, 6.45) is 2.57. The topological polar surface area (TPSA) is 295 Å². The molecular formula is C30H44Cl2N5NaO13S2. The maximum Gasteiger partial charge on any atom is 1.00 e. The first-order valence-corrected chi connectivity index (χ1v) is 18.4. The molecule has 0 radical (unpaired) electrons. The molecule has 0 amide bonds. The van der Waals surface area contributed by atoms with Gasteiger partial charge in [-0.15, -0.1) is 12.4 Å². The molecule has 0 heterocycles. The van der Waals surface area contributed by atoms with Crippen molar-refractivity contribution in [3.63, 3.8) is 0 Å². The zero-order chi connectivity index (χ0) is 41.3. The first kappa shape index (κ1) is 67.3. The van der Waals surface area contributed by atoms with Crippen molar-refractivity contribution >= 4 is 59.3 Å². The van der Waals surface area contributed by atoms with E-state index in [4.69, 9.17) is 27.3 Å². The Kier molecular flexibility index (Phi) is 61.2. The number of nitro benzene ring substituents is 3. The number of aliphatic hydroxyl groups excluding tert-OH is 2. The fraction of sp³-hybridized carbons (Fsp3) is 0.333. The Balaban J connectivity index is -0.0000000741. The maximum atomic E-state index is 10.0. The zero-order valence-corrected chi connectivity index (χ0v) is 35.4. The molecule has 0 spiro atoms. The molecule has 3 rings (SSSR count). The summed E-state index contributed by atoms with van der Waals surface area (Å²) in [7, 11) is -1.87. The van der Waals surface area contributed by atoms with Gasteiger partial charge in [-0.3, -0.25) is 34.5 Å². The van der Waals surface area contributed by atoms with Crippen molar-refractivity contribution in [2.75, 3.05) is 32.3 Å². The predicted octanol–water partition coefficient (Wildman–Crippen LogP) is 3.39. The summed E-state index contributed by atoms with van der Waals surface area (Å²) in [4.78, 5) is 28.8. The fourth-order valence-electron chi connectivity index (χ4n) is 1.86. The van der Waals surface area contributed by atoms with Crippen molar-refractivity contribution in [2.24, 2.45) is 0 Å². The molecule has 0 atom stereocenters. The largest absolute Gasteiger partial charge is 1.00 e. The molecule has 18 nitrogen and oxygen atoms in total. The Hall–Kier alpha value is -3.80. The van der Waals surface area contributed by atoms with Crippen molar-refractivity contribution in [3.05, 3.63) is 128 Å². The molecule has 294 valence electrons. The fourth-order valence-corrected chi connectivity index (χ4v) is 2.29. The van der Waals surface area contributed by atoms with Gasteiger partial charge >= 0.3 is 29.6 Å². The van der Waals surface area contributed by atoms with Gasteiger partial charge in [0.1, 0.15) is 0 Å². The van der Waals surface area contributed by atoms with E-state index in [1.165, 1.54) is 36.4 Å². The van der Waals surface area contributed by atoms with Crippen LogP contribution in [0.25, 0.3) is 0 Å². The Labute approximate surface area is 343 Å². The minimum absolute atomic E-state index is 0. The molecular weight excluding hydrogens is 796 g/mol. The van der Waals surface area contributed by atoms with E-state index >= 15 is 0 Å². The van der Waals surface area contributed by atoms with E-state index in [0.29, 0.717) is 6.42 Å². The minimum atomic E-state index is -3.19. The standard InChI is InChI=1S/3C6H5NO2.C3H5N.C3H8O3S.2C2H6O.CH3ClO2S.CN.ClH.Na/c3*8-7(9)6-4-2-1-3-5-6;1-2-3-4;1-3-6-7(2,4)5;2*1-2-3;1-5(2,3)4;1-2;;/h3*1-5H;2H2,1H3;3H2,1-2H3;2*3H,2H2,1H3;1H3;;1H;/q;;;;;;;;-1;;+1. The second-order valence-electron chi connectivity index (χ2n) is 7.71. The number of benzene rings is 3. The van der Waals surface area contributed by atoms with Crippen LogP contribution in [0.3, 0.4) is 0 Å². The van der Waals surface area contributed by atoms with E-state index in [9.17, 15) is 47.2 Å². The number of para-hydroxylation sites is 3. The number of rotatable bonds is 5. The molecule has 23 heteroatoms. The van der Waals surface area contributed by atoms with Crippen LogP contribution in [0.2, 0.25) is 0 Å². The van der Waals surface area contributed by atoms with Crippen LogP contribution in [0.1, 0.15) is 34.1 Å². The van der Waals surface area contributed by atoms with E-state index in [-0.39, 0.29) is 78.8 Å². The average Bonchev–Trinajstić information content (AvgIpc) is 3.07. The number of hydrogen-bond donors (Lipinski definition) is 2. The van der Waals surface area contributed by atoms with Crippen LogP contribution in [0.15, 0.2) is 91.0 Å². The van der Waals surface area contributed by atoms with Gasteiger partial charge in [-0.2, -0.15) is 13.7 Å². The minimum Gasteiger partial charge on any atom is -0.512 e. The van der Waals surface area contributed by atoms with Crippen LogP contribution < -0.4 is 29.6 Å². The van der Waals surface area contributed by atoms with Gasteiger partial charge < -0.3 is 22.0 Å². The molecule has 0 aliphatic rings. The second kappa shape index (κ2) is 48.2. The van der Waals surface area contributed by atoms with Crippen molar-refractivity contribution in [1.82, 2.24) is 0 Å². The number of nitriles is 1. The Morgan fingerprint density at radius 2 is 0.849 bits per heavy atom. The SMILES string of the molecule is CCC#N.CCO.CCO.CCOS(C)(=O)=O.CS(=O)(=O)Cl.Cl.O=[N+]([O-])c1ccccc1.O=[N+]([O-])c1ccccc1.O=[N+]([O-])c1ccccc1.[C-]#N.[Na+]. The Bertz CT molecular complexity index is 1430. The third-order valence-electron chi connectivity index (χ3n) is 3.39. The van der Waals surface area contributed by atoms with Gasteiger partial charge in [0.05, 0.1) is 40.0 Å². The number of nitro groups is 3. The summed E-state index contributed by atoms with van der Waals surface area (Å²) in [6.45, 7) is 12.3. The van der Waals surface area contributed by atoms with E-state index < -0.39 is 33.9 Å². The summed E-state index contributed by atoms with van der Waals surface area (Å²) in [6, 6.07) is 25.7. The van der Waals surface area contributed by atoms with Crippen molar-refractivity contribution in [1.29, 1.82) is 10.5 Å². The molecule has 0 aliphatic heterocycles. The van der Waals surface area contributed by atoms with E-state index in [1.54, 1.807) is 75.4 Å². The third kappa shape index (κ3) is 74.3. The summed E-state index contributed by atoms with van der Waals surface area (Å²) in [5.41, 5.74) is 0.410. The number of aliphatic hydroxyl groups is 2. The van der Waals surface area contributed by atoms with Gasteiger partial charge in [-0.1, -0.05) is 61.5 Å². The van der Waals surface area contributed by atoms with E-state index in [1.807, 2.05) is 13.0 Å². The molecule has 0 fully saturated rings. The van der Waals surface area contributed by atoms with E-state index in [0.717, 1.165) is 12.5 Å². The van der Waals surface area contributed by atoms with Crippen LogP contribution >= 0.6 is 23.1 Å². The van der Waals surface area contributed by atoms with Crippen LogP contribution in [0.4, 0.5) is 17.1 Å². The molecule has 0 saturated carbocycles. The van der Waals surface area contributed by atoms with Gasteiger partial charge in [0.2, 0.25) is 9.05 Å². The van der Waals surface area contributed by atoms with Crippen LogP contribution in [-0.2, 0) is 23.4 Å². The van der Waals surface area contributed by atoms with Crippen molar-refractivity contribution in [2.45, 2.75) is 34.1 Å². The first-order valence-electron chi connectivity index (χ1n) is 13.9. The summed E-state index contributed by atoms with van der Waals surface area (Å²) in [5, 5.41) is 59.0. The smallest absolute Gasteiger partial charge is 0.512 e. The predicted molar refractivity (Wildman–Crippen MR) is 200 cm³/mol. The van der Waals surface area contributed by atoms with Gasteiger partial charge in [0.25, 0.3) is 27.2 Å². The van der Waals surface area contributed by atoms with Crippen molar-refractivity contribution < 1.29 is 75.6 Å². The second-order valence-corrected chi connectivity index (χ2v) is 12.4.